The van der Waals surface area contributed by atoms with Crippen LogP contribution in [0.2, 0.25) is 0 Å². The molecule has 0 aliphatic heterocycles. The quantitative estimate of drug-likeness (QED) is 0.866. The van der Waals surface area contributed by atoms with Gasteiger partial charge in [-0.15, -0.1) is 0 Å². The van der Waals surface area contributed by atoms with E-state index in [-0.39, 0.29) is 17.3 Å². The van der Waals surface area contributed by atoms with E-state index in [0.717, 1.165) is 6.07 Å². The van der Waals surface area contributed by atoms with E-state index >= 15 is 0 Å². The molecule has 1 rings (SSSR count). The smallest absolute Gasteiger partial charge is 0.315 e. The number of halogens is 3. The zero-order valence-electron chi connectivity index (χ0n) is 12.6. The average Bonchev–Trinajstić information content (AvgIpc) is 2.35. The highest BCUT2D eigenvalue weighted by Gasteiger charge is 2.35. The molecule has 0 spiro atoms. The molecule has 0 saturated heterocycles. The van der Waals surface area contributed by atoms with Crippen LogP contribution in [0, 0.1) is 5.41 Å². The van der Waals surface area contributed by atoms with Crippen molar-refractivity contribution in [1.29, 1.82) is 0 Å². The predicted molar refractivity (Wildman–Crippen MR) is 74.9 cm³/mol. The number of hydrogen-bond acceptors (Lipinski definition) is 3. The minimum atomic E-state index is -4.55. The molecule has 0 bridgehead atoms. The molecule has 1 aromatic rings. The Morgan fingerprint density at radius 3 is 2.24 bits per heavy atom. The summed E-state index contributed by atoms with van der Waals surface area (Å²) < 4.78 is 39.2. The second-order valence-corrected chi connectivity index (χ2v) is 5.65. The lowest BCUT2D eigenvalue weighted by Gasteiger charge is -2.27. The summed E-state index contributed by atoms with van der Waals surface area (Å²) in [6.45, 7) is 5.12. The topological polar surface area (TPSA) is 41.6 Å². The van der Waals surface area contributed by atoms with E-state index in [1.165, 1.54) is 31.2 Å². The van der Waals surface area contributed by atoms with Crippen LogP contribution in [0.3, 0.4) is 0 Å². The number of nitrogens with zero attached hydrogens (tertiary/aromatic N) is 1. The van der Waals surface area contributed by atoms with E-state index < -0.39 is 17.2 Å². The molecule has 0 aliphatic rings. The first-order valence-corrected chi connectivity index (χ1v) is 6.27. The van der Waals surface area contributed by atoms with Gasteiger partial charge in [0, 0.05) is 18.2 Å². The fourth-order valence-electron chi connectivity index (χ4n) is 1.79. The SMILES string of the molecule is CONc1ccc(N(C)C(=O)C(C)(C)C)cc1C(F)(F)F. The lowest BCUT2D eigenvalue weighted by atomic mass is 9.94. The maximum Gasteiger partial charge on any atom is 0.418 e. The monoisotopic (exact) mass is 304 g/mol. The Kier molecular flexibility index (Phi) is 4.88. The van der Waals surface area contributed by atoms with Crippen LogP contribution in [0.1, 0.15) is 26.3 Å². The average molecular weight is 304 g/mol. The van der Waals surface area contributed by atoms with E-state index in [0.29, 0.717) is 0 Å². The van der Waals surface area contributed by atoms with Gasteiger partial charge in [-0.3, -0.25) is 15.1 Å². The van der Waals surface area contributed by atoms with Gasteiger partial charge in [-0.1, -0.05) is 20.8 Å². The molecule has 7 heteroatoms. The van der Waals surface area contributed by atoms with Gasteiger partial charge in [0.15, 0.2) is 0 Å². The Morgan fingerprint density at radius 2 is 1.81 bits per heavy atom. The van der Waals surface area contributed by atoms with Crippen molar-refractivity contribution < 1.29 is 22.8 Å². The Bertz CT molecular complexity index is 522. The molecular weight excluding hydrogens is 285 g/mol. The number of alkyl halides is 3. The third-order valence-electron chi connectivity index (χ3n) is 2.85. The minimum Gasteiger partial charge on any atom is -0.315 e. The third-order valence-corrected chi connectivity index (χ3v) is 2.85. The lowest BCUT2D eigenvalue weighted by molar-refractivity contribution is -0.137. The zero-order chi connectivity index (χ0) is 16.4. The fourth-order valence-corrected chi connectivity index (χ4v) is 1.79. The Balaban J connectivity index is 3.25. The predicted octanol–water partition coefficient (Wildman–Crippen LogP) is 3.69. The highest BCUT2D eigenvalue weighted by molar-refractivity contribution is 5.96. The van der Waals surface area contributed by atoms with Crippen molar-refractivity contribution in [1.82, 2.24) is 0 Å². The minimum absolute atomic E-state index is 0.170. The van der Waals surface area contributed by atoms with Crippen molar-refractivity contribution in [2.75, 3.05) is 24.5 Å². The number of hydrogen-bond donors (Lipinski definition) is 1. The van der Waals surface area contributed by atoms with E-state index in [4.69, 9.17) is 0 Å². The lowest BCUT2D eigenvalue weighted by Crippen LogP contribution is -2.36. The zero-order valence-corrected chi connectivity index (χ0v) is 12.6. The highest BCUT2D eigenvalue weighted by atomic mass is 19.4. The number of rotatable bonds is 3. The first kappa shape index (κ1) is 17.3. The van der Waals surface area contributed by atoms with Gasteiger partial charge in [-0.05, 0) is 18.2 Å². The van der Waals surface area contributed by atoms with Gasteiger partial charge in [0.05, 0.1) is 18.4 Å². The second-order valence-electron chi connectivity index (χ2n) is 5.65. The Labute approximate surface area is 121 Å². The van der Waals surface area contributed by atoms with Gasteiger partial charge >= 0.3 is 6.18 Å². The van der Waals surface area contributed by atoms with E-state index in [1.54, 1.807) is 20.8 Å². The maximum absolute atomic E-state index is 13.1. The van der Waals surface area contributed by atoms with E-state index in [1.807, 2.05) is 0 Å². The number of nitrogens with one attached hydrogen (secondary N) is 1. The summed E-state index contributed by atoms with van der Waals surface area (Å²) in [4.78, 5) is 17.9. The summed E-state index contributed by atoms with van der Waals surface area (Å²) in [6.07, 6.45) is -4.55. The summed E-state index contributed by atoms with van der Waals surface area (Å²) >= 11 is 0. The molecule has 0 aromatic heterocycles. The van der Waals surface area contributed by atoms with Crippen LogP contribution in [-0.2, 0) is 15.8 Å². The van der Waals surface area contributed by atoms with Gasteiger partial charge in [0.25, 0.3) is 0 Å². The van der Waals surface area contributed by atoms with Gasteiger partial charge in [-0.25, -0.2) is 0 Å². The third kappa shape index (κ3) is 4.10. The normalized spacial score (nSPS) is 12.2. The van der Waals surface area contributed by atoms with Crippen molar-refractivity contribution in [3.63, 3.8) is 0 Å². The van der Waals surface area contributed by atoms with Gasteiger partial charge in [-0.2, -0.15) is 13.2 Å². The fraction of sp³-hybridized carbons (Fsp3) is 0.500. The van der Waals surface area contributed by atoms with Crippen molar-refractivity contribution >= 4 is 17.3 Å². The standard InChI is InChI=1S/C14H19F3N2O2/c1-13(2,3)12(20)19(4)9-6-7-11(18-21-5)10(8-9)14(15,16)17/h6-8,18H,1-5H3. The molecule has 4 nitrogen and oxygen atoms in total. The Morgan fingerprint density at radius 1 is 1.24 bits per heavy atom. The molecule has 0 saturated carbocycles. The van der Waals surface area contributed by atoms with Crippen LogP contribution in [0.5, 0.6) is 0 Å². The van der Waals surface area contributed by atoms with Crippen LogP contribution in [0.4, 0.5) is 24.5 Å². The molecule has 0 radical (unpaired) electrons. The number of amides is 1. The molecule has 1 amide bonds. The molecule has 0 atom stereocenters. The summed E-state index contributed by atoms with van der Waals surface area (Å²) in [6, 6.07) is 3.58. The first-order chi connectivity index (χ1) is 9.48. The number of carbonyl (C=O) groups excluding carboxylic acids is 1. The summed E-state index contributed by atoms with van der Waals surface area (Å²) in [7, 11) is 2.68. The van der Waals surface area contributed by atoms with Crippen molar-refractivity contribution in [3.05, 3.63) is 23.8 Å². The molecule has 0 heterocycles. The van der Waals surface area contributed by atoms with Gasteiger partial charge in [0.1, 0.15) is 0 Å². The van der Waals surface area contributed by atoms with E-state index in [9.17, 15) is 18.0 Å². The molecule has 1 aromatic carbocycles. The largest absolute Gasteiger partial charge is 0.418 e. The van der Waals surface area contributed by atoms with Crippen LogP contribution in [0.15, 0.2) is 18.2 Å². The Hall–Kier alpha value is -1.76. The van der Waals surface area contributed by atoms with Crippen LogP contribution in [-0.4, -0.2) is 20.1 Å². The summed E-state index contributed by atoms with van der Waals surface area (Å²) in [5, 5.41) is 0. The van der Waals surface area contributed by atoms with Crippen molar-refractivity contribution in [2.45, 2.75) is 26.9 Å². The molecule has 0 aliphatic carbocycles. The number of anilines is 2. The van der Waals surface area contributed by atoms with E-state index in [2.05, 4.69) is 10.3 Å². The molecule has 0 unspecified atom stereocenters. The molecule has 118 valence electrons. The number of benzene rings is 1. The first-order valence-electron chi connectivity index (χ1n) is 6.27. The van der Waals surface area contributed by atoms with Gasteiger partial charge < -0.3 is 4.90 Å². The highest BCUT2D eigenvalue weighted by Crippen LogP contribution is 2.37. The van der Waals surface area contributed by atoms with Crippen LogP contribution < -0.4 is 10.4 Å². The maximum atomic E-state index is 13.1. The second kappa shape index (κ2) is 5.93. The summed E-state index contributed by atoms with van der Waals surface area (Å²) in [5.41, 5.74) is 0.575. The van der Waals surface area contributed by atoms with Gasteiger partial charge in [0.2, 0.25) is 5.91 Å². The summed E-state index contributed by atoms with van der Waals surface area (Å²) in [5.74, 6) is -0.275. The molecule has 0 fully saturated rings. The van der Waals surface area contributed by atoms with Crippen molar-refractivity contribution in [2.24, 2.45) is 5.41 Å². The van der Waals surface area contributed by atoms with Crippen molar-refractivity contribution in [3.8, 4) is 0 Å². The molecule has 21 heavy (non-hydrogen) atoms. The molecule has 1 N–H and O–H groups in total. The van der Waals surface area contributed by atoms with Crippen LogP contribution in [0.25, 0.3) is 0 Å². The molecular formula is C14H19F3N2O2. The van der Waals surface area contributed by atoms with Crippen LogP contribution >= 0.6 is 0 Å². The number of carbonyl (C=O) groups is 1.